The molecule has 60 heavy (non-hydrogen) atoms. The van der Waals surface area contributed by atoms with Crippen LogP contribution in [0.5, 0.6) is 0 Å². The number of aliphatic hydroxyl groups excluding tert-OH is 1. The van der Waals surface area contributed by atoms with Gasteiger partial charge in [-0.1, -0.05) is 64.1 Å². The lowest BCUT2D eigenvalue weighted by Gasteiger charge is -2.47. The second-order valence-electron chi connectivity index (χ2n) is 17.3. The Morgan fingerprint density at radius 3 is 2.30 bits per heavy atom. The molecular formula is C45H62N4O11. The number of amides is 1. The van der Waals surface area contributed by atoms with Gasteiger partial charge in [0.15, 0.2) is 17.9 Å². The zero-order valence-corrected chi connectivity index (χ0v) is 36.5. The third kappa shape index (κ3) is 10.3. The summed E-state index contributed by atoms with van der Waals surface area (Å²) in [7, 11) is 3.66. The Kier molecular flexibility index (Phi) is 15.1. The van der Waals surface area contributed by atoms with Crippen LogP contribution in [0, 0.1) is 29.6 Å². The Hall–Kier alpha value is -4.57. The van der Waals surface area contributed by atoms with Crippen molar-refractivity contribution in [2.45, 2.75) is 129 Å². The number of ether oxygens (including phenoxy) is 5. The second kappa shape index (κ2) is 19.4. The number of esters is 2. The molecule has 13 atom stereocenters. The predicted molar refractivity (Wildman–Crippen MR) is 221 cm³/mol. The van der Waals surface area contributed by atoms with Crippen molar-refractivity contribution in [3.8, 4) is 11.4 Å². The fourth-order valence-electron chi connectivity index (χ4n) is 9.17. The maximum Gasteiger partial charge on any atom is 0.408 e. The van der Waals surface area contributed by atoms with E-state index in [1.54, 1.807) is 66.1 Å². The minimum Gasteiger partial charge on any atom is -0.458 e. The summed E-state index contributed by atoms with van der Waals surface area (Å²) in [6, 6.07) is 8.96. The molecule has 328 valence electrons. The SMILES string of the molecule is CC[C@H]1OC(=O)[C@H](C)C(=O)[C@H](C)[C@@H](OC2O[C@H](C)C[C@H](N(C)C)[C@H]2O)[C@](C)(OC(=O)NCC=Cc2ccc(-c3ncccn3)cc2)C[C@@H](C)C(=O)C(C)C2CC(=O)O[C@@]21C. The number of benzene rings is 1. The number of carbonyl (C=O) groups is 5. The van der Waals surface area contributed by atoms with E-state index in [2.05, 4.69) is 15.3 Å². The van der Waals surface area contributed by atoms with E-state index < -0.39 is 89.2 Å². The molecule has 15 heteroatoms. The Balaban J connectivity index is 1.48. The average Bonchev–Trinajstić information content (AvgIpc) is 3.53. The maximum atomic E-state index is 14.5. The van der Waals surface area contributed by atoms with Gasteiger partial charge in [0, 0.05) is 54.2 Å². The Morgan fingerprint density at radius 2 is 1.67 bits per heavy atom. The number of hydrogen-bond acceptors (Lipinski definition) is 14. The van der Waals surface area contributed by atoms with Gasteiger partial charge in [0.1, 0.15) is 41.2 Å². The second-order valence-corrected chi connectivity index (χ2v) is 17.3. The highest BCUT2D eigenvalue weighted by atomic mass is 16.7. The molecule has 5 rings (SSSR count). The molecule has 3 saturated heterocycles. The Labute approximate surface area is 352 Å². The van der Waals surface area contributed by atoms with E-state index in [0.29, 0.717) is 12.2 Å². The first-order valence-corrected chi connectivity index (χ1v) is 21.0. The first kappa shape index (κ1) is 46.5. The molecule has 3 fully saturated rings. The van der Waals surface area contributed by atoms with Gasteiger partial charge in [-0.3, -0.25) is 19.2 Å². The summed E-state index contributed by atoms with van der Waals surface area (Å²) < 4.78 is 30.9. The molecule has 3 unspecified atom stereocenters. The summed E-state index contributed by atoms with van der Waals surface area (Å²) in [6.07, 6.45) is 1.57. The molecule has 0 bridgehead atoms. The van der Waals surface area contributed by atoms with Gasteiger partial charge in [0.2, 0.25) is 0 Å². The van der Waals surface area contributed by atoms with Gasteiger partial charge in [-0.2, -0.15) is 0 Å². The van der Waals surface area contributed by atoms with Crippen molar-refractivity contribution in [3.63, 3.8) is 0 Å². The number of likely N-dealkylation sites (N-methyl/N-ethyl adjacent to an activating group) is 1. The molecule has 1 aromatic carbocycles. The fourth-order valence-corrected chi connectivity index (χ4v) is 9.17. The van der Waals surface area contributed by atoms with Gasteiger partial charge in [0.25, 0.3) is 0 Å². The molecule has 0 aliphatic carbocycles. The lowest BCUT2D eigenvalue weighted by atomic mass is 9.70. The lowest BCUT2D eigenvalue weighted by molar-refractivity contribution is -0.292. The number of aliphatic hydroxyl groups is 1. The van der Waals surface area contributed by atoms with Crippen molar-refractivity contribution < 1.29 is 52.8 Å². The maximum absolute atomic E-state index is 14.5. The summed E-state index contributed by atoms with van der Waals surface area (Å²) in [4.78, 5) is 79.9. The van der Waals surface area contributed by atoms with Gasteiger partial charge in [0.05, 0.1) is 12.5 Å². The van der Waals surface area contributed by atoms with Crippen LogP contribution in [0.15, 0.2) is 48.8 Å². The highest BCUT2D eigenvalue weighted by Crippen LogP contribution is 2.45. The summed E-state index contributed by atoms with van der Waals surface area (Å²) in [5.74, 6) is -6.26. The molecule has 0 radical (unpaired) electrons. The third-order valence-electron chi connectivity index (χ3n) is 12.6. The fraction of sp³-hybridized carbons (Fsp3) is 0.622. The van der Waals surface area contributed by atoms with E-state index in [1.807, 2.05) is 56.3 Å². The average molecular weight is 835 g/mol. The number of ketones is 2. The number of Topliss-reactive ketones (excluding diaryl/α,β-unsaturated/α-hetero) is 2. The van der Waals surface area contributed by atoms with Crippen LogP contribution >= 0.6 is 0 Å². The van der Waals surface area contributed by atoms with Gasteiger partial charge in [-0.25, -0.2) is 14.8 Å². The Bertz CT molecular complexity index is 1880. The van der Waals surface area contributed by atoms with Crippen LogP contribution in [0.25, 0.3) is 17.5 Å². The van der Waals surface area contributed by atoms with Gasteiger partial charge in [-0.05, 0) is 72.7 Å². The standard InChI is InChI=1S/C45H62N4O11/c1-11-34-45(8)32(23-35(50)59-45)27(4)36(51)25(2)24-44(7,60-43(55)48-19-12-14-30-15-17-31(18-16-30)40-46-20-13-21-47-40)39(28(5)37(52)29(6)41(54)57-34)58-42-38(53)33(49(9)10)22-26(3)56-42/h12-18,20-21,25-29,32-34,38-39,42,53H,11,19,22-24H2,1-10H3,(H,48,55)/t25-,26-,27?,28+,29-,32?,33+,34-,38-,39-,42?,44-,45+/m1/s1. The number of nitrogens with zero attached hydrogens (tertiary/aromatic N) is 3. The quantitative estimate of drug-likeness (QED) is 0.191. The van der Waals surface area contributed by atoms with Crippen LogP contribution in [0.2, 0.25) is 0 Å². The minimum atomic E-state index is -1.73. The van der Waals surface area contributed by atoms with E-state index in [4.69, 9.17) is 23.7 Å². The lowest BCUT2D eigenvalue weighted by Crippen LogP contribution is -2.60. The molecule has 2 aromatic rings. The molecule has 3 aliphatic heterocycles. The van der Waals surface area contributed by atoms with Gasteiger partial charge < -0.3 is 39.0 Å². The molecule has 3 aliphatic rings. The number of fused-ring (bicyclic) bond motifs is 1. The van der Waals surface area contributed by atoms with Crippen LogP contribution in [0.3, 0.4) is 0 Å². The van der Waals surface area contributed by atoms with E-state index in [1.165, 1.54) is 6.92 Å². The zero-order valence-electron chi connectivity index (χ0n) is 36.5. The molecule has 4 heterocycles. The van der Waals surface area contributed by atoms with Crippen LogP contribution in [0.1, 0.15) is 86.6 Å². The van der Waals surface area contributed by atoms with Crippen LogP contribution in [0.4, 0.5) is 4.79 Å². The number of nitrogens with one attached hydrogen (secondary N) is 1. The third-order valence-corrected chi connectivity index (χ3v) is 12.6. The molecule has 2 N–H and O–H groups in total. The van der Waals surface area contributed by atoms with E-state index in [-0.39, 0.29) is 43.7 Å². The molecule has 0 spiro atoms. The van der Waals surface area contributed by atoms with Crippen molar-refractivity contribution in [1.82, 2.24) is 20.2 Å². The predicted octanol–water partition coefficient (Wildman–Crippen LogP) is 5.18. The zero-order chi connectivity index (χ0) is 44.1. The number of cyclic esters (lactones) is 1. The Morgan fingerprint density at radius 1 is 1.00 bits per heavy atom. The summed E-state index contributed by atoms with van der Waals surface area (Å²) in [6.45, 7) is 13.4. The summed E-state index contributed by atoms with van der Waals surface area (Å²) in [5.41, 5.74) is -1.34. The van der Waals surface area contributed by atoms with Gasteiger partial charge in [-0.15, -0.1) is 0 Å². The first-order chi connectivity index (χ1) is 28.3. The molecule has 0 saturated carbocycles. The largest absolute Gasteiger partial charge is 0.458 e. The topological polar surface area (TPSA) is 193 Å². The summed E-state index contributed by atoms with van der Waals surface area (Å²) in [5, 5.41) is 14.3. The molecule has 1 aromatic heterocycles. The number of hydrogen-bond donors (Lipinski definition) is 2. The minimum absolute atomic E-state index is 0.0617. The van der Waals surface area contributed by atoms with E-state index in [9.17, 15) is 29.1 Å². The van der Waals surface area contributed by atoms with Crippen LogP contribution in [-0.4, -0.2) is 118 Å². The molecule has 15 nitrogen and oxygen atoms in total. The van der Waals surface area contributed by atoms with Gasteiger partial charge >= 0.3 is 18.0 Å². The molecule has 1 amide bonds. The number of alkyl carbamates (subject to hydrolysis) is 1. The summed E-state index contributed by atoms with van der Waals surface area (Å²) >= 11 is 0. The van der Waals surface area contributed by atoms with Crippen molar-refractivity contribution in [3.05, 3.63) is 54.4 Å². The highest BCUT2D eigenvalue weighted by molar-refractivity contribution is 6.00. The molecular weight excluding hydrogens is 773 g/mol. The first-order valence-electron chi connectivity index (χ1n) is 21.0. The van der Waals surface area contributed by atoms with E-state index >= 15 is 0 Å². The monoisotopic (exact) mass is 834 g/mol. The normalized spacial score (nSPS) is 35.7. The number of carbonyl (C=O) groups excluding carboxylic acids is 5. The van der Waals surface area contributed by atoms with Crippen LogP contribution < -0.4 is 5.32 Å². The van der Waals surface area contributed by atoms with Crippen molar-refractivity contribution in [1.29, 1.82) is 0 Å². The number of rotatable bonds is 9. The van der Waals surface area contributed by atoms with Crippen molar-refractivity contribution in [2.75, 3.05) is 20.6 Å². The highest BCUT2D eigenvalue weighted by Gasteiger charge is 2.57. The number of aromatic nitrogens is 2. The van der Waals surface area contributed by atoms with Crippen LogP contribution in [-0.2, 0) is 42.9 Å². The smallest absolute Gasteiger partial charge is 0.408 e. The van der Waals surface area contributed by atoms with Crippen molar-refractivity contribution in [2.24, 2.45) is 29.6 Å². The van der Waals surface area contributed by atoms with E-state index in [0.717, 1.165) is 11.1 Å². The van der Waals surface area contributed by atoms with Crippen molar-refractivity contribution >= 4 is 35.7 Å².